The van der Waals surface area contributed by atoms with E-state index in [0.29, 0.717) is 41.5 Å². The van der Waals surface area contributed by atoms with Crippen LogP contribution >= 0.6 is 23.4 Å². The van der Waals surface area contributed by atoms with Crippen molar-refractivity contribution in [3.63, 3.8) is 0 Å². The summed E-state index contributed by atoms with van der Waals surface area (Å²) in [7, 11) is 1.59. The molecule has 7 heteroatoms. The van der Waals surface area contributed by atoms with Gasteiger partial charge in [-0.2, -0.15) is 0 Å². The number of ether oxygens (including phenoxy) is 1. The highest BCUT2D eigenvalue weighted by atomic mass is 35.5. The fraction of sp³-hybridized carbons (Fsp3) is 0.219. The molecule has 0 aliphatic heterocycles. The Balaban J connectivity index is 1.39. The lowest BCUT2D eigenvalue weighted by Gasteiger charge is -2.23. The number of nitrogens with zero attached hydrogens (tertiary/aromatic N) is 1. The zero-order valence-corrected chi connectivity index (χ0v) is 23.7. The average molecular weight is 563 g/mol. The second-order valence-corrected chi connectivity index (χ2v) is 10.9. The van der Waals surface area contributed by atoms with Crippen LogP contribution in [0, 0.1) is 12.7 Å². The summed E-state index contributed by atoms with van der Waals surface area (Å²) in [5, 5.41) is 3.42. The first-order chi connectivity index (χ1) is 18.9. The maximum absolute atomic E-state index is 14.6. The molecule has 0 heterocycles. The number of halogens is 2. The molecule has 0 radical (unpaired) electrons. The Kier molecular flexibility index (Phi) is 10.4. The van der Waals surface area contributed by atoms with Crippen molar-refractivity contribution in [2.45, 2.75) is 31.5 Å². The average Bonchev–Trinajstić information content (AvgIpc) is 2.94. The third kappa shape index (κ3) is 8.59. The van der Waals surface area contributed by atoms with Crippen molar-refractivity contribution < 1.29 is 13.9 Å². The highest BCUT2D eigenvalue weighted by Crippen LogP contribution is 2.23. The van der Waals surface area contributed by atoms with Crippen molar-refractivity contribution in [1.29, 1.82) is 0 Å². The third-order valence-electron chi connectivity index (χ3n) is 6.29. The molecule has 1 N–H and O–H groups in total. The number of thioether (sulfide) groups is 1. The molecule has 0 aliphatic carbocycles. The van der Waals surface area contributed by atoms with E-state index in [9.17, 15) is 9.18 Å². The van der Waals surface area contributed by atoms with Crippen LogP contribution in [0.5, 0.6) is 5.75 Å². The smallest absolute Gasteiger partial charge is 0.251 e. The number of amides is 1. The number of methoxy groups -OCH3 is 1. The molecule has 1 amide bonds. The van der Waals surface area contributed by atoms with Gasteiger partial charge in [-0.3, -0.25) is 9.69 Å². The van der Waals surface area contributed by atoms with Crippen LogP contribution in [0.4, 0.5) is 4.39 Å². The molecule has 4 aromatic rings. The largest absolute Gasteiger partial charge is 0.497 e. The zero-order chi connectivity index (χ0) is 27.6. The van der Waals surface area contributed by atoms with Crippen LogP contribution in [0.3, 0.4) is 0 Å². The van der Waals surface area contributed by atoms with Gasteiger partial charge in [-0.1, -0.05) is 60.1 Å². The maximum Gasteiger partial charge on any atom is 0.251 e. The highest BCUT2D eigenvalue weighted by Gasteiger charge is 2.14. The molecule has 0 aromatic heterocycles. The predicted octanol–water partition coefficient (Wildman–Crippen LogP) is 7.52. The molecule has 39 heavy (non-hydrogen) atoms. The van der Waals surface area contributed by atoms with Gasteiger partial charge in [0, 0.05) is 53.0 Å². The molecule has 4 rings (SSSR count). The minimum Gasteiger partial charge on any atom is -0.497 e. The van der Waals surface area contributed by atoms with Crippen molar-refractivity contribution >= 4 is 29.3 Å². The molecule has 0 spiro atoms. The van der Waals surface area contributed by atoms with Gasteiger partial charge in [-0.15, -0.1) is 11.8 Å². The first-order valence-corrected chi connectivity index (χ1v) is 14.1. The molecule has 4 nitrogen and oxygen atoms in total. The van der Waals surface area contributed by atoms with Crippen LogP contribution < -0.4 is 10.1 Å². The normalized spacial score (nSPS) is 11.0. The van der Waals surface area contributed by atoms with Crippen LogP contribution in [-0.4, -0.2) is 30.2 Å². The molecule has 4 aromatic carbocycles. The summed E-state index contributed by atoms with van der Waals surface area (Å²) in [6.07, 6.45) is 0. The summed E-state index contributed by atoms with van der Waals surface area (Å²) in [4.78, 5) is 16.1. The SMILES string of the molecule is COc1cc(C)cc(C(=O)NCc2ccc(CN(CCSc3ccccc3)Cc3c(F)cccc3Cl)cc2)c1. The van der Waals surface area contributed by atoms with E-state index in [1.807, 2.05) is 49.4 Å². The Morgan fingerprint density at radius 1 is 0.949 bits per heavy atom. The van der Waals surface area contributed by atoms with E-state index >= 15 is 0 Å². The van der Waals surface area contributed by atoms with Crippen LogP contribution in [0.2, 0.25) is 5.02 Å². The number of nitrogens with one attached hydrogen (secondary N) is 1. The van der Waals surface area contributed by atoms with Gasteiger partial charge in [0.25, 0.3) is 5.91 Å². The Morgan fingerprint density at radius 2 is 1.69 bits per heavy atom. The van der Waals surface area contributed by atoms with Crippen LogP contribution in [0.1, 0.15) is 32.6 Å². The van der Waals surface area contributed by atoms with Crippen molar-refractivity contribution in [2.75, 3.05) is 19.4 Å². The summed E-state index contributed by atoms with van der Waals surface area (Å²) in [6, 6.07) is 28.7. The van der Waals surface area contributed by atoms with E-state index in [-0.39, 0.29) is 11.7 Å². The van der Waals surface area contributed by atoms with Crippen molar-refractivity contribution in [3.05, 3.63) is 130 Å². The minimum absolute atomic E-state index is 0.148. The van der Waals surface area contributed by atoms with Crippen molar-refractivity contribution in [3.8, 4) is 5.75 Å². The number of hydrogen-bond donors (Lipinski definition) is 1. The summed E-state index contributed by atoms with van der Waals surface area (Å²) >= 11 is 8.12. The highest BCUT2D eigenvalue weighted by molar-refractivity contribution is 7.99. The third-order valence-corrected chi connectivity index (χ3v) is 7.64. The maximum atomic E-state index is 14.6. The number of aryl methyl sites for hydroxylation is 1. The van der Waals surface area contributed by atoms with Gasteiger partial charge in [0.05, 0.1) is 7.11 Å². The Bertz CT molecular complexity index is 1360. The Labute approximate surface area is 239 Å². The lowest BCUT2D eigenvalue weighted by atomic mass is 10.1. The molecule has 0 saturated carbocycles. The Hall–Kier alpha value is -3.32. The lowest BCUT2D eigenvalue weighted by Crippen LogP contribution is -2.26. The predicted molar refractivity (Wildman–Crippen MR) is 158 cm³/mol. The van der Waals surface area contributed by atoms with Gasteiger partial charge in [0.2, 0.25) is 0 Å². The van der Waals surface area contributed by atoms with Gasteiger partial charge in [-0.25, -0.2) is 4.39 Å². The summed E-state index contributed by atoms with van der Waals surface area (Å²) in [5.41, 5.74) is 4.14. The second kappa shape index (κ2) is 14.2. The first kappa shape index (κ1) is 28.7. The number of benzene rings is 4. The van der Waals surface area contributed by atoms with Gasteiger partial charge in [0.15, 0.2) is 0 Å². The fourth-order valence-electron chi connectivity index (χ4n) is 4.23. The number of hydrogen-bond acceptors (Lipinski definition) is 4. The monoisotopic (exact) mass is 562 g/mol. The number of carbonyl (C=O) groups is 1. The molecule has 0 saturated heterocycles. The van der Waals surface area contributed by atoms with Crippen molar-refractivity contribution in [2.24, 2.45) is 0 Å². The molecular weight excluding hydrogens is 531 g/mol. The molecule has 0 atom stereocenters. The van der Waals surface area contributed by atoms with Crippen LogP contribution in [0.25, 0.3) is 0 Å². The molecule has 0 fully saturated rings. The standard InChI is InChI=1S/C32H32ClFN2O2S/c1-23-17-26(19-27(18-23)38-2)32(37)35-20-24-11-13-25(14-12-24)21-36(15-16-39-28-7-4-3-5-8-28)22-29-30(33)9-6-10-31(29)34/h3-14,17-19H,15-16,20-22H2,1-2H3,(H,35,37). The van der Waals surface area contributed by atoms with E-state index in [1.165, 1.54) is 11.0 Å². The van der Waals surface area contributed by atoms with Crippen LogP contribution in [0.15, 0.2) is 95.9 Å². The van der Waals surface area contributed by atoms with Gasteiger partial charge >= 0.3 is 0 Å². The van der Waals surface area contributed by atoms with E-state index in [0.717, 1.165) is 29.0 Å². The van der Waals surface area contributed by atoms with Crippen LogP contribution in [-0.2, 0) is 19.6 Å². The van der Waals surface area contributed by atoms with E-state index in [1.54, 1.807) is 37.1 Å². The Morgan fingerprint density at radius 3 is 2.41 bits per heavy atom. The summed E-state index contributed by atoms with van der Waals surface area (Å²) < 4.78 is 19.8. The molecule has 0 bridgehead atoms. The molecule has 202 valence electrons. The number of rotatable bonds is 12. The minimum atomic E-state index is -0.291. The van der Waals surface area contributed by atoms with Gasteiger partial charge in [-0.05, 0) is 66.1 Å². The summed E-state index contributed by atoms with van der Waals surface area (Å²) in [5.74, 6) is 1.09. The van der Waals surface area contributed by atoms with E-state index < -0.39 is 0 Å². The molecule has 0 unspecified atom stereocenters. The van der Waals surface area contributed by atoms with Crippen molar-refractivity contribution in [1.82, 2.24) is 10.2 Å². The second-order valence-electron chi connectivity index (χ2n) is 9.31. The van der Waals surface area contributed by atoms with Gasteiger partial charge in [0.1, 0.15) is 11.6 Å². The molecular formula is C32H32ClFN2O2S. The fourth-order valence-corrected chi connectivity index (χ4v) is 5.39. The topological polar surface area (TPSA) is 41.6 Å². The first-order valence-electron chi connectivity index (χ1n) is 12.8. The van der Waals surface area contributed by atoms with E-state index in [4.69, 9.17) is 16.3 Å². The zero-order valence-electron chi connectivity index (χ0n) is 22.1. The van der Waals surface area contributed by atoms with Gasteiger partial charge < -0.3 is 10.1 Å². The van der Waals surface area contributed by atoms with E-state index in [2.05, 4.69) is 34.5 Å². The lowest BCUT2D eigenvalue weighted by molar-refractivity contribution is 0.0950. The molecule has 0 aliphatic rings. The number of carbonyl (C=O) groups excluding carboxylic acids is 1. The summed E-state index contributed by atoms with van der Waals surface area (Å²) in [6.45, 7) is 4.18. The quantitative estimate of drug-likeness (QED) is 0.181.